The predicted molar refractivity (Wildman–Crippen MR) is 123 cm³/mol. The second kappa shape index (κ2) is 9.06. The summed E-state index contributed by atoms with van der Waals surface area (Å²) in [5.74, 6) is -0.538. The molecule has 0 bridgehead atoms. The van der Waals surface area contributed by atoms with E-state index >= 15 is 0 Å². The SMILES string of the molecule is C=CCn1c(=NC(=O)C2CCCCN2S(=O)(=O)c2cccs2)sc2cc([N+](=O)[O-])ccc21. The summed E-state index contributed by atoms with van der Waals surface area (Å²) in [5.41, 5.74) is 0.640. The highest BCUT2D eigenvalue weighted by atomic mass is 32.2. The van der Waals surface area contributed by atoms with Crippen LogP contribution in [0.5, 0.6) is 0 Å². The number of thiazole rings is 1. The number of benzene rings is 1. The van der Waals surface area contributed by atoms with Crippen molar-refractivity contribution in [2.24, 2.45) is 4.99 Å². The highest BCUT2D eigenvalue weighted by molar-refractivity contribution is 7.91. The lowest BCUT2D eigenvalue weighted by molar-refractivity contribution is -0.384. The average Bonchev–Trinajstić information content (AvgIpc) is 3.43. The number of hydrogen-bond acceptors (Lipinski definition) is 7. The summed E-state index contributed by atoms with van der Waals surface area (Å²) >= 11 is 2.27. The van der Waals surface area contributed by atoms with Gasteiger partial charge in [0, 0.05) is 25.2 Å². The van der Waals surface area contributed by atoms with Gasteiger partial charge in [-0.3, -0.25) is 14.9 Å². The van der Waals surface area contributed by atoms with Gasteiger partial charge in [-0.2, -0.15) is 9.30 Å². The van der Waals surface area contributed by atoms with Gasteiger partial charge in [0.2, 0.25) is 0 Å². The lowest BCUT2D eigenvalue weighted by Gasteiger charge is -2.31. The summed E-state index contributed by atoms with van der Waals surface area (Å²) in [5, 5.41) is 12.8. The number of amides is 1. The number of carbonyl (C=O) groups excluding carboxylic acids is 1. The molecule has 0 spiro atoms. The van der Waals surface area contributed by atoms with Crippen molar-refractivity contribution in [3.05, 3.63) is 63.3 Å². The lowest BCUT2D eigenvalue weighted by atomic mass is 10.0. The second-order valence-electron chi connectivity index (χ2n) is 7.20. The van der Waals surface area contributed by atoms with Crippen molar-refractivity contribution in [2.75, 3.05) is 6.54 Å². The standard InChI is InChI=1S/C20H20N4O5S3/c1-2-10-22-15-9-8-14(24(26)27)13-17(15)31-20(22)21-19(25)16-6-3-4-11-23(16)32(28,29)18-7-5-12-30-18/h2,5,7-9,12-13,16H,1,3-4,6,10-11H2. The van der Waals surface area contributed by atoms with Crippen molar-refractivity contribution in [2.45, 2.75) is 36.1 Å². The van der Waals surface area contributed by atoms with Crippen molar-refractivity contribution >= 4 is 54.5 Å². The molecule has 12 heteroatoms. The maximum atomic E-state index is 13.2. The third kappa shape index (κ3) is 4.18. The number of nitro groups is 1. The Morgan fingerprint density at radius 1 is 1.34 bits per heavy atom. The Morgan fingerprint density at radius 2 is 2.16 bits per heavy atom. The van der Waals surface area contributed by atoms with Gasteiger partial charge < -0.3 is 4.57 Å². The fourth-order valence-corrected chi connectivity index (χ4v) is 7.55. The molecule has 1 unspecified atom stereocenters. The maximum absolute atomic E-state index is 13.2. The van der Waals surface area contributed by atoms with Crippen molar-refractivity contribution < 1.29 is 18.1 Å². The van der Waals surface area contributed by atoms with E-state index in [1.807, 2.05) is 0 Å². The predicted octanol–water partition coefficient (Wildman–Crippen LogP) is 3.53. The fourth-order valence-electron chi connectivity index (χ4n) is 3.70. The van der Waals surface area contributed by atoms with E-state index in [9.17, 15) is 23.3 Å². The summed E-state index contributed by atoms with van der Waals surface area (Å²) < 4.78 is 30.0. The molecule has 9 nitrogen and oxygen atoms in total. The van der Waals surface area contributed by atoms with Gasteiger partial charge in [0.25, 0.3) is 21.6 Å². The van der Waals surface area contributed by atoms with E-state index in [0.717, 1.165) is 29.1 Å². The molecule has 168 valence electrons. The zero-order valence-corrected chi connectivity index (χ0v) is 19.4. The molecule has 1 aliphatic rings. The van der Waals surface area contributed by atoms with E-state index in [1.54, 1.807) is 28.2 Å². The van der Waals surface area contributed by atoms with E-state index in [4.69, 9.17) is 0 Å². The zero-order chi connectivity index (χ0) is 22.9. The molecule has 1 fully saturated rings. The monoisotopic (exact) mass is 492 g/mol. The number of hydrogen-bond donors (Lipinski definition) is 0. The van der Waals surface area contributed by atoms with Gasteiger partial charge in [0.15, 0.2) is 4.80 Å². The van der Waals surface area contributed by atoms with E-state index in [1.165, 1.54) is 22.5 Å². The zero-order valence-electron chi connectivity index (χ0n) is 16.9. The molecule has 1 aliphatic heterocycles. The minimum absolute atomic E-state index is 0.0529. The lowest BCUT2D eigenvalue weighted by Crippen LogP contribution is -2.47. The molecule has 0 N–H and O–H groups in total. The molecule has 32 heavy (non-hydrogen) atoms. The Morgan fingerprint density at radius 3 is 2.84 bits per heavy atom. The Balaban J connectivity index is 1.76. The summed E-state index contributed by atoms with van der Waals surface area (Å²) in [6, 6.07) is 6.77. The maximum Gasteiger partial charge on any atom is 0.270 e. The van der Waals surface area contributed by atoms with Gasteiger partial charge in [0.05, 0.1) is 15.1 Å². The number of allylic oxidation sites excluding steroid dienone is 1. The van der Waals surface area contributed by atoms with Gasteiger partial charge in [-0.25, -0.2) is 8.42 Å². The van der Waals surface area contributed by atoms with Gasteiger partial charge in [-0.1, -0.05) is 29.9 Å². The topological polar surface area (TPSA) is 115 Å². The largest absolute Gasteiger partial charge is 0.312 e. The first-order valence-electron chi connectivity index (χ1n) is 9.85. The molecule has 1 aromatic carbocycles. The molecule has 0 saturated carbocycles. The van der Waals surface area contributed by atoms with E-state index in [-0.39, 0.29) is 16.4 Å². The Labute approximate surface area is 192 Å². The molecule has 1 saturated heterocycles. The number of thiophene rings is 1. The molecule has 1 atom stereocenters. The third-order valence-corrected chi connectivity index (χ3v) is 9.51. The smallest absolute Gasteiger partial charge is 0.270 e. The number of rotatable bonds is 6. The van der Waals surface area contributed by atoms with Crippen molar-refractivity contribution in [3.8, 4) is 0 Å². The highest BCUT2D eigenvalue weighted by Gasteiger charge is 2.38. The van der Waals surface area contributed by atoms with E-state index < -0.39 is 26.9 Å². The number of non-ortho nitro benzene ring substituents is 1. The van der Waals surface area contributed by atoms with Crippen LogP contribution in [-0.2, 0) is 21.4 Å². The van der Waals surface area contributed by atoms with Crippen LogP contribution >= 0.6 is 22.7 Å². The number of nitro benzene ring substituents is 1. The summed E-state index contributed by atoms with van der Waals surface area (Å²) in [7, 11) is -3.79. The van der Waals surface area contributed by atoms with Crippen molar-refractivity contribution in [3.63, 3.8) is 0 Å². The summed E-state index contributed by atoms with van der Waals surface area (Å²) in [4.78, 5) is 28.5. The van der Waals surface area contributed by atoms with Crippen LogP contribution in [0.2, 0.25) is 0 Å². The van der Waals surface area contributed by atoms with Crippen LogP contribution in [0.3, 0.4) is 0 Å². The number of carbonyl (C=O) groups is 1. The summed E-state index contributed by atoms with van der Waals surface area (Å²) in [6.45, 7) is 4.35. The Hall–Kier alpha value is -2.67. The highest BCUT2D eigenvalue weighted by Crippen LogP contribution is 2.29. The van der Waals surface area contributed by atoms with Crippen molar-refractivity contribution in [1.29, 1.82) is 0 Å². The Kier molecular flexibility index (Phi) is 6.38. The van der Waals surface area contributed by atoms with E-state index in [0.29, 0.717) is 34.4 Å². The number of fused-ring (bicyclic) bond motifs is 1. The molecule has 0 radical (unpaired) electrons. The van der Waals surface area contributed by atoms with E-state index in [2.05, 4.69) is 11.6 Å². The molecule has 3 heterocycles. The van der Waals surface area contributed by atoms with Crippen LogP contribution < -0.4 is 4.80 Å². The van der Waals surface area contributed by atoms with Crippen LogP contribution in [0.25, 0.3) is 10.2 Å². The molecule has 2 aromatic heterocycles. The molecular formula is C20H20N4O5S3. The quantitative estimate of drug-likeness (QED) is 0.297. The number of aromatic nitrogens is 1. The molecule has 3 aromatic rings. The van der Waals surface area contributed by atoms with Gasteiger partial charge in [0.1, 0.15) is 10.3 Å². The minimum Gasteiger partial charge on any atom is -0.312 e. The normalized spacial score (nSPS) is 18.1. The molecular weight excluding hydrogens is 472 g/mol. The van der Waals surface area contributed by atoms with Gasteiger partial charge >= 0.3 is 0 Å². The first-order chi connectivity index (χ1) is 15.3. The van der Waals surface area contributed by atoms with Crippen LogP contribution in [0.15, 0.2) is 57.6 Å². The molecule has 4 rings (SSSR count). The first-order valence-corrected chi connectivity index (χ1v) is 13.0. The minimum atomic E-state index is -3.79. The summed E-state index contributed by atoms with van der Waals surface area (Å²) in [6.07, 6.45) is 3.45. The van der Waals surface area contributed by atoms with Crippen LogP contribution in [0.4, 0.5) is 5.69 Å². The third-order valence-electron chi connectivity index (χ3n) is 5.19. The molecule has 0 aliphatic carbocycles. The number of nitrogens with zero attached hydrogens (tertiary/aromatic N) is 4. The second-order valence-corrected chi connectivity index (χ2v) is 11.3. The van der Waals surface area contributed by atoms with Crippen molar-refractivity contribution in [1.82, 2.24) is 8.87 Å². The number of piperidine rings is 1. The number of sulfonamides is 1. The Bertz CT molecular complexity index is 1360. The van der Waals surface area contributed by atoms with Gasteiger partial charge in [-0.15, -0.1) is 17.9 Å². The van der Waals surface area contributed by atoms with Crippen LogP contribution in [-0.4, -0.2) is 40.7 Å². The average molecular weight is 493 g/mol. The van der Waals surface area contributed by atoms with Crippen LogP contribution in [0, 0.1) is 10.1 Å². The first kappa shape index (κ1) is 22.5. The fraction of sp³-hybridized carbons (Fsp3) is 0.300. The molecule has 1 amide bonds. The van der Waals surface area contributed by atoms with Gasteiger partial charge in [-0.05, 0) is 30.4 Å². The van der Waals surface area contributed by atoms with Crippen LogP contribution in [0.1, 0.15) is 19.3 Å².